The number of carbonyl (C=O) groups is 2. The Morgan fingerprint density at radius 1 is 1.25 bits per heavy atom. The number of rotatable bonds is 2. The fourth-order valence-electron chi connectivity index (χ4n) is 2.09. The van der Waals surface area contributed by atoms with Crippen molar-refractivity contribution in [1.29, 1.82) is 0 Å². The Bertz CT molecular complexity index is 466. The topological polar surface area (TPSA) is 66.4 Å². The maximum Gasteiger partial charge on any atom is 0.337 e. The van der Waals surface area contributed by atoms with Crippen molar-refractivity contribution < 1.29 is 14.7 Å². The molecular formula is C12H13NO3. The maximum absolute atomic E-state index is 11.1. The summed E-state index contributed by atoms with van der Waals surface area (Å²) in [5, 5.41) is 11.6. The molecule has 0 fully saturated rings. The third-order valence-electron chi connectivity index (χ3n) is 2.77. The SMILES string of the molecule is CC(=O)Nc1cc2c(cc1C(=O)O)CCC2. The van der Waals surface area contributed by atoms with Gasteiger partial charge >= 0.3 is 5.97 Å². The van der Waals surface area contributed by atoms with E-state index in [0.717, 1.165) is 30.4 Å². The van der Waals surface area contributed by atoms with Crippen LogP contribution in [0, 0.1) is 0 Å². The first-order chi connectivity index (χ1) is 7.58. The van der Waals surface area contributed by atoms with Crippen LogP contribution in [0.5, 0.6) is 0 Å². The van der Waals surface area contributed by atoms with Crippen LogP contribution in [-0.4, -0.2) is 17.0 Å². The van der Waals surface area contributed by atoms with Gasteiger partial charge in [-0.2, -0.15) is 0 Å². The molecule has 0 unspecified atom stereocenters. The molecule has 0 radical (unpaired) electrons. The lowest BCUT2D eigenvalue weighted by atomic mass is 10.0. The second kappa shape index (κ2) is 3.96. The van der Waals surface area contributed by atoms with Crippen molar-refractivity contribution in [2.24, 2.45) is 0 Å². The molecule has 0 saturated carbocycles. The molecule has 2 N–H and O–H groups in total. The highest BCUT2D eigenvalue weighted by Gasteiger charge is 2.18. The first-order valence-corrected chi connectivity index (χ1v) is 5.24. The van der Waals surface area contributed by atoms with E-state index in [1.165, 1.54) is 6.92 Å². The molecule has 0 bridgehead atoms. The molecular weight excluding hydrogens is 206 g/mol. The standard InChI is InChI=1S/C12H13NO3/c1-7(14)13-11-6-9-4-2-3-8(9)5-10(11)12(15)16/h5-6H,2-4H2,1H3,(H,13,14)(H,15,16). The highest BCUT2D eigenvalue weighted by atomic mass is 16.4. The summed E-state index contributed by atoms with van der Waals surface area (Å²) in [4.78, 5) is 22.0. The minimum absolute atomic E-state index is 0.177. The van der Waals surface area contributed by atoms with Crippen molar-refractivity contribution in [2.75, 3.05) is 5.32 Å². The number of carboxylic acids is 1. The monoisotopic (exact) mass is 219 g/mol. The number of nitrogens with one attached hydrogen (secondary N) is 1. The van der Waals surface area contributed by atoms with Gasteiger partial charge in [-0.15, -0.1) is 0 Å². The fraction of sp³-hybridized carbons (Fsp3) is 0.333. The predicted molar refractivity (Wildman–Crippen MR) is 59.7 cm³/mol. The van der Waals surface area contributed by atoms with Crippen molar-refractivity contribution in [1.82, 2.24) is 0 Å². The second-order valence-electron chi connectivity index (χ2n) is 4.01. The van der Waals surface area contributed by atoms with E-state index < -0.39 is 5.97 Å². The molecule has 1 aliphatic carbocycles. The Hall–Kier alpha value is -1.84. The first-order valence-electron chi connectivity index (χ1n) is 5.24. The minimum Gasteiger partial charge on any atom is -0.478 e. The average molecular weight is 219 g/mol. The molecule has 16 heavy (non-hydrogen) atoms. The number of aryl methyl sites for hydroxylation is 2. The molecule has 0 aliphatic heterocycles. The van der Waals surface area contributed by atoms with E-state index in [4.69, 9.17) is 5.11 Å². The number of anilines is 1. The molecule has 4 nitrogen and oxygen atoms in total. The summed E-state index contributed by atoms with van der Waals surface area (Å²) < 4.78 is 0. The van der Waals surface area contributed by atoms with Gasteiger partial charge in [0.2, 0.25) is 5.91 Å². The van der Waals surface area contributed by atoms with E-state index in [-0.39, 0.29) is 11.5 Å². The number of benzene rings is 1. The van der Waals surface area contributed by atoms with Crippen molar-refractivity contribution in [3.63, 3.8) is 0 Å². The summed E-state index contributed by atoms with van der Waals surface area (Å²) >= 11 is 0. The zero-order chi connectivity index (χ0) is 11.7. The molecule has 1 aliphatic rings. The zero-order valence-corrected chi connectivity index (χ0v) is 9.04. The average Bonchev–Trinajstić information content (AvgIpc) is 2.62. The fourth-order valence-corrected chi connectivity index (χ4v) is 2.09. The Morgan fingerprint density at radius 3 is 2.44 bits per heavy atom. The Kier molecular flexibility index (Phi) is 2.64. The van der Waals surface area contributed by atoms with Gasteiger partial charge in [0.25, 0.3) is 0 Å². The largest absolute Gasteiger partial charge is 0.478 e. The van der Waals surface area contributed by atoms with Crippen LogP contribution in [0.4, 0.5) is 5.69 Å². The number of carboxylic acid groups (broad SMARTS) is 1. The Balaban J connectivity index is 2.48. The van der Waals surface area contributed by atoms with Crippen molar-refractivity contribution in [2.45, 2.75) is 26.2 Å². The highest BCUT2D eigenvalue weighted by Crippen LogP contribution is 2.28. The molecule has 2 rings (SSSR count). The van der Waals surface area contributed by atoms with E-state index in [2.05, 4.69) is 5.32 Å². The van der Waals surface area contributed by atoms with Gasteiger partial charge in [0, 0.05) is 6.92 Å². The lowest BCUT2D eigenvalue weighted by molar-refractivity contribution is -0.114. The number of aromatic carboxylic acids is 1. The Labute approximate surface area is 93.3 Å². The van der Waals surface area contributed by atoms with Crippen molar-refractivity contribution >= 4 is 17.6 Å². The lowest BCUT2D eigenvalue weighted by Gasteiger charge is -2.09. The van der Waals surface area contributed by atoms with Crippen molar-refractivity contribution in [3.05, 3.63) is 28.8 Å². The molecule has 1 amide bonds. The van der Waals surface area contributed by atoms with Gasteiger partial charge < -0.3 is 10.4 Å². The number of fused-ring (bicyclic) bond motifs is 1. The molecule has 84 valence electrons. The summed E-state index contributed by atoms with van der Waals surface area (Å²) in [7, 11) is 0. The van der Waals surface area contributed by atoms with Crippen LogP contribution in [0.1, 0.15) is 34.8 Å². The maximum atomic E-state index is 11.1. The highest BCUT2D eigenvalue weighted by molar-refractivity contribution is 6.00. The van der Waals surface area contributed by atoms with Gasteiger partial charge in [-0.3, -0.25) is 4.79 Å². The number of hydrogen-bond donors (Lipinski definition) is 2. The van der Waals surface area contributed by atoms with Gasteiger partial charge in [-0.1, -0.05) is 0 Å². The normalized spacial score (nSPS) is 13.3. The van der Waals surface area contributed by atoms with Gasteiger partial charge in [-0.25, -0.2) is 4.79 Å². The van der Waals surface area contributed by atoms with Crippen LogP contribution < -0.4 is 5.32 Å². The predicted octanol–water partition coefficient (Wildman–Crippen LogP) is 1.83. The van der Waals surface area contributed by atoms with Crippen LogP contribution in [0.2, 0.25) is 0 Å². The van der Waals surface area contributed by atoms with Gasteiger partial charge in [0.15, 0.2) is 0 Å². The molecule has 4 heteroatoms. The third kappa shape index (κ3) is 1.91. The lowest BCUT2D eigenvalue weighted by Crippen LogP contribution is -2.11. The van der Waals surface area contributed by atoms with Crippen LogP contribution in [0.15, 0.2) is 12.1 Å². The van der Waals surface area contributed by atoms with Crippen LogP contribution >= 0.6 is 0 Å². The van der Waals surface area contributed by atoms with E-state index in [0.29, 0.717) is 5.69 Å². The summed E-state index contributed by atoms with van der Waals surface area (Å²) in [5.41, 5.74) is 2.82. The van der Waals surface area contributed by atoms with Crippen LogP contribution in [0.3, 0.4) is 0 Å². The first kappa shape index (κ1) is 10.7. The van der Waals surface area contributed by atoms with Gasteiger partial charge in [0.05, 0.1) is 11.3 Å². The summed E-state index contributed by atoms with van der Waals surface area (Å²) in [6, 6.07) is 3.46. The summed E-state index contributed by atoms with van der Waals surface area (Å²) in [6.07, 6.45) is 2.94. The molecule has 1 aromatic carbocycles. The van der Waals surface area contributed by atoms with Gasteiger partial charge in [0.1, 0.15) is 0 Å². The number of carbonyl (C=O) groups excluding carboxylic acids is 1. The van der Waals surface area contributed by atoms with Crippen LogP contribution in [0.25, 0.3) is 0 Å². The zero-order valence-electron chi connectivity index (χ0n) is 9.04. The number of hydrogen-bond acceptors (Lipinski definition) is 2. The summed E-state index contributed by atoms with van der Waals surface area (Å²) in [5.74, 6) is -1.25. The minimum atomic E-state index is -1.00. The molecule has 0 spiro atoms. The molecule has 0 heterocycles. The van der Waals surface area contributed by atoms with E-state index in [1.54, 1.807) is 12.1 Å². The molecule has 0 aromatic heterocycles. The third-order valence-corrected chi connectivity index (χ3v) is 2.77. The van der Waals surface area contributed by atoms with E-state index >= 15 is 0 Å². The van der Waals surface area contributed by atoms with Crippen LogP contribution in [-0.2, 0) is 17.6 Å². The quantitative estimate of drug-likeness (QED) is 0.797. The number of amides is 1. The molecule has 1 aromatic rings. The smallest absolute Gasteiger partial charge is 0.337 e. The van der Waals surface area contributed by atoms with Gasteiger partial charge in [-0.05, 0) is 42.5 Å². The second-order valence-corrected chi connectivity index (χ2v) is 4.01. The van der Waals surface area contributed by atoms with E-state index in [1.807, 2.05) is 0 Å². The summed E-state index contributed by atoms with van der Waals surface area (Å²) in [6.45, 7) is 1.37. The molecule has 0 atom stereocenters. The molecule has 0 saturated heterocycles. The van der Waals surface area contributed by atoms with E-state index in [9.17, 15) is 9.59 Å². The Morgan fingerprint density at radius 2 is 1.88 bits per heavy atom. The van der Waals surface area contributed by atoms with Crippen molar-refractivity contribution in [3.8, 4) is 0 Å².